The topological polar surface area (TPSA) is 78.9 Å². The third kappa shape index (κ3) is 67.5. The molecule has 0 saturated heterocycles. The molecule has 1 atom stereocenters. The summed E-state index contributed by atoms with van der Waals surface area (Å²) in [6, 6.07) is 0. The molecule has 6 heteroatoms. The summed E-state index contributed by atoms with van der Waals surface area (Å²) >= 11 is 0. The molecule has 0 aromatic rings. The molecule has 0 saturated carbocycles. The van der Waals surface area contributed by atoms with Gasteiger partial charge in [0, 0.05) is 19.3 Å². The molecule has 0 N–H and O–H groups in total. The van der Waals surface area contributed by atoms with Crippen molar-refractivity contribution in [1.29, 1.82) is 0 Å². The first kappa shape index (κ1) is 77.9. The SMILES string of the molecule is CC/C=C\C/C=C\C/C=C\C/C=C\C/C=C\C/C=C\CCCCCCCCCCC(=O)OC(COC(=O)CCCCCCC)COC(=O)CCCCCCCCCCCCCCCCCCCCCCCCCCCCCCCCC. The Morgan fingerprint density at radius 3 is 0.753 bits per heavy atom. The molecule has 0 amide bonds. The van der Waals surface area contributed by atoms with Gasteiger partial charge in [0.25, 0.3) is 0 Å². The van der Waals surface area contributed by atoms with Crippen LogP contribution in [-0.4, -0.2) is 37.2 Å². The lowest BCUT2D eigenvalue weighted by Crippen LogP contribution is -2.30. The minimum Gasteiger partial charge on any atom is -0.462 e. The van der Waals surface area contributed by atoms with Gasteiger partial charge in [0.2, 0.25) is 0 Å². The zero-order chi connectivity index (χ0) is 58.5. The number of carbonyl (C=O) groups is 3. The highest BCUT2D eigenvalue weighted by atomic mass is 16.6. The lowest BCUT2D eigenvalue weighted by atomic mass is 10.0. The van der Waals surface area contributed by atoms with E-state index in [-0.39, 0.29) is 31.1 Å². The Morgan fingerprint density at radius 1 is 0.259 bits per heavy atom. The van der Waals surface area contributed by atoms with Crippen molar-refractivity contribution in [3.8, 4) is 0 Å². The zero-order valence-electron chi connectivity index (χ0n) is 54.1. The summed E-state index contributed by atoms with van der Waals surface area (Å²) < 4.78 is 16.8. The fourth-order valence-electron chi connectivity index (χ4n) is 10.5. The van der Waals surface area contributed by atoms with E-state index in [1.807, 2.05) is 0 Å². The number of hydrogen-bond acceptors (Lipinski definition) is 6. The zero-order valence-corrected chi connectivity index (χ0v) is 54.1. The standard InChI is InChI=1S/C75H134O6/c1-4-7-10-13-15-17-19-21-23-25-27-29-31-33-35-36-37-38-40-41-43-45-47-49-51-53-55-57-59-62-65-68-74(77)80-71-72(70-79-73(76)67-64-61-12-9-6-3)81-75(78)69-66-63-60-58-56-54-52-50-48-46-44-42-39-34-32-30-28-26-24-22-20-18-16-14-11-8-5-2/h8,11,16,18,22,24,28,30,34,39,44,46,72H,4-7,9-10,12-15,17,19-21,23,25-27,29,31-33,35-38,40-43,45,47-71H2,1-3H3/b11-8-,18-16-,24-22-,30-28-,39-34-,46-44-. The highest BCUT2D eigenvalue weighted by Gasteiger charge is 2.19. The molecular formula is C75H134O6. The summed E-state index contributed by atoms with van der Waals surface area (Å²) in [6.45, 7) is 6.49. The molecule has 0 aliphatic heterocycles. The van der Waals surface area contributed by atoms with E-state index in [0.717, 1.165) is 109 Å². The average molecular weight is 1130 g/mol. The minimum atomic E-state index is -0.776. The highest BCUT2D eigenvalue weighted by Crippen LogP contribution is 2.18. The third-order valence-corrected chi connectivity index (χ3v) is 15.7. The summed E-state index contributed by atoms with van der Waals surface area (Å²) in [5.74, 6) is -0.881. The Hall–Kier alpha value is -3.15. The lowest BCUT2D eigenvalue weighted by Gasteiger charge is -2.18. The number of allylic oxidation sites excluding steroid dienone is 12. The van der Waals surface area contributed by atoms with Crippen molar-refractivity contribution in [2.75, 3.05) is 13.2 Å². The molecule has 0 radical (unpaired) electrons. The minimum absolute atomic E-state index is 0.0753. The van der Waals surface area contributed by atoms with Crippen molar-refractivity contribution in [1.82, 2.24) is 0 Å². The number of rotatable bonds is 65. The van der Waals surface area contributed by atoms with Gasteiger partial charge in [-0.05, 0) is 70.6 Å². The Balaban J connectivity index is 3.96. The molecular weight excluding hydrogens is 997 g/mol. The average Bonchev–Trinajstić information content (AvgIpc) is 3.47. The largest absolute Gasteiger partial charge is 0.462 e. The second-order valence-corrected chi connectivity index (χ2v) is 23.8. The van der Waals surface area contributed by atoms with Crippen LogP contribution in [0.25, 0.3) is 0 Å². The van der Waals surface area contributed by atoms with Crippen LogP contribution in [0.3, 0.4) is 0 Å². The molecule has 0 bridgehead atoms. The lowest BCUT2D eigenvalue weighted by molar-refractivity contribution is -0.167. The number of hydrogen-bond donors (Lipinski definition) is 0. The van der Waals surface area contributed by atoms with Crippen molar-refractivity contribution >= 4 is 17.9 Å². The smallest absolute Gasteiger partial charge is 0.306 e. The molecule has 470 valence electrons. The summed E-state index contributed by atoms with van der Waals surface area (Å²) in [5.41, 5.74) is 0. The maximum atomic E-state index is 12.9. The first-order valence-corrected chi connectivity index (χ1v) is 35.4. The maximum absolute atomic E-state index is 12.9. The van der Waals surface area contributed by atoms with Crippen LogP contribution in [0.15, 0.2) is 72.9 Å². The van der Waals surface area contributed by atoms with E-state index in [2.05, 4.69) is 93.7 Å². The van der Waals surface area contributed by atoms with Crippen LogP contribution in [0, 0.1) is 0 Å². The molecule has 6 nitrogen and oxygen atoms in total. The Morgan fingerprint density at radius 2 is 0.481 bits per heavy atom. The van der Waals surface area contributed by atoms with Crippen LogP contribution < -0.4 is 0 Å². The van der Waals surface area contributed by atoms with Crippen molar-refractivity contribution in [2.24, 2.45) is 0 Å². The molecule has 1 unspecified atom stereocenters. The van der Waals surface area contributed by atoms with E-state index in [1.165, 1.54) is 218 Å². The van der Waals surface area contributed by atoms with Gasteiger partial charge in [-0.1, -0.05) is 351 Å². The van der Waals surface area contributed by atoms with E-state index in [1.54, 1.807) is 0 Å². The molecule has 0 aliphatic rings. The fraction of sp³-hybridized carbons (Fsp3) is 0.800. The van der Waals surface area contributed by atoms with Gasteiger partial charge >= 0.3 is 17.9 Å². The van der Waals surface area contributed by atoms with Gasteiger partial charge in [0.15, 0.2) is 6.10 Å². The number of ether oxygens (including phenoxy) is 3. The highest BCUT2D eigenvalue weighted by molar-refractivity contribution is 5.71. The molecule has 0 aromatic carbocycles. The summed E-state index contributed by atoms with van der Waals surface area (Å²) in [7, 11) is 0. The van der Waals surface area contributed by atoms with E-state index < -0.39 is 6.10 Å². The van der Waals surface area contributed by atoms with Gasteiger partial charge < -0.3 is 14.2 Å². The number of esters is 3. The van der Waals surface area contributed by atoms with Crippen LogP contribution >= 0.6 is 0 Å². The van der Waals surface area contributed by atoms with Crippen LogP contribution in [-0.2, 0) is 28.6 Å². The number of unbranched alkanes of at least 4 members (excludes halogenated alkanes) is 42. The molecule has 0 heterocycles. The molecule has 0 rings (SSSR count). The van der Waals surface area contributed by atoms with E-state index >= 15 is 0 Å². The van der Waals surface area contributed by atoms with Gasteiger partial charge in [-0.25, -0.2) is 0 Å². The number of carbonyl (C=O) groups excluding carboxylic acids is 3. The van der Waals surface area contributed by atoms with Crippen LogP contribution in [0.5, 0.6) is 0 Å². The molecule has 0 aliphatic carbocycles. The van der Waals surface area contributed by atoms with Crippen molar-refractivity contribution < 1.29 is 28.6 Å². The summed E-state index contributed by atoms with van der Waals surface area (Å²) in [4.78, 5) is 38.0. The van der Waals surface area contributed by atoms with Crippen LogP contribution in [0.4, 0.5) is 0 Å². The van der Waals surface area contributed by atoms with Gasteiger partial charge in [0.05, 0.1) is 0 Å². The van der Waals surface area contributed by atoms with E-state index in [9.17, 15) is 14.4 Å². The van der Waals surface area contributed by atoms with Gasteiger partial charge in [-0.15, -0.1) is 0 Å². The monoisotopic (exact) mass is 1130 g/mol. The van der Waals surface area contributed by atoms with Crippen molar-refractivity contribution in [3.05, 3.63) is 72.9 Å². The summed E-state index contributed by atoms with van der Waals surface area (Å²) in [5, 5.41) is 0. The predicted molar refractivity (Wildman–Crippen MR) is 353 cm³/mol. The maximum Gasteiger partial charge on any atom is 0.306 e. The molecule has 0 fully saturated rings. The fourth-order valence-corrected chi connectivity index (χ4v) is 10.5. The van der Waals surface area contributed by atoms with Crippen molar-refractivity contribution in [3.63, 3.8) is 0 Å². The second-order valence-electron chi connectivity index (χ2n) is 23.8. The molecule has 0 aromatic heterocycles. The quantitative estimate of drug-likeness (QED) is 0.0261. The Labute approximate surface area is 503 Å². The van der Waals surface area contributed by atoms with Gasteiger partial charge in [0.1, 0.15) is 13.2 Å². The predicted octanol–water partition coefficient (Wildman–Crippen LogP) is 24.4. The van der Waals surface area contributed by atoms with Crippen molar-refractivity contribution in [2.45, 2.75) is 374 Å². The van der Waals surface area contributed by atoms with Gasteiger partial charge in [-0.3, -0.25) is 14.4 Å². The Kier molecular flexibility index (Phi) is 66.6. The molecule has 0 spiro atoms. The van der Waals surface area contributed by atoms with Crippen LogP contribution in [0.2, 0.25) is 0 Å². The summed E-state index contributed by atoms with van der Waals surface area (Å²) in [6.07, 6.45) is 91.4. The Bertz CT molecular complexity index is 1490. The molecule has 81 heavy (non-hydrogen) atoms. The van der Waals surface area contributed by atoms with Gasteiger partial charge in [-0.2, -0.15) is 0 Å². The first-order valence-electron chi connectivity index (χ1n) is 35.4. The third-order valence-electron chi connectivity index (χ3n) is 15.7. The normalized spacial score (nSPS) is 12.5. The van der Waals surface area contributed by atoms with E-state index in [0.29, 0.717) is 19.3 Å². The first-order chi connectivity index (χ1) is 40.0. The second kappa shape index (κ2) is 69.3. The van der Waals surface area contributed by atoms with Crippen LogP contribution in [0.1, 0.15) is 367 Å². The van der Waals surface area contributed by atoms with E-state index in [4.69, 9.17) is 14.2 Å².